The highest BCUT2D eigenvalue weighted by Crippen LogP contribution is 2.18. The average Bonchev–Trinajstić information content (AvgIpc) is 2.70. The summed E-state index contributed by atoms with van der Waals surface area (Å²) >= 11 is 0. The van der Waals surface area contributed by atoms with Crippen molar-refractivity contribution in [2.24, 2.45) is 5.10 Å². The highest BCUT2D eigenvalue weighted by Gasteiger charge is 2.28. The van der Waals surface area contributed by atoms with E-state index in [4.69, 9.17) is 0 Å². The standard InChI is InChI=1S/C21H26N4O3S/c1-17-3-7-19(8-4-17)15-22-23-21(26)16-24-11-13-25(14-12-24)29(27,28)20-9-5-18(2)6-10-20/h3-10,15H,11-14,16H2,1-2H3,(H,23,26)/b22-15+. The van der Waals surface area contributed by atoms with Crippen molar-refractivity contribution in [3.8, 4) is 0 Å². The molecule has 0 aromatic heterocycles. The second kappa shape index (κ2) is 9.30. The molecule has 1 aliphatic heterocycles. The van der Waals surface area contributed by atoms with Crippen LogP contribution in [-0.2, 0) is 14.8 Å². The van der Waals surface area contributed by atoms with Gasteiger partial charge in [-0.15, -0.1) is 0 Å². The summed E-state index contributed by atoms with van der Waals surface area (Å²) in [7, 11) is -3.50. The molecule has 0 unspecified atom stereocenters. The first kappa shape index (κ1) is 21.2. The van der Waals surface area contributed by atoms with Crippen molar-refractivity contribution in [3.05, 3.63) is 65.2 Å². The zero-order valence-electron chi connectivity index (χ0n) is 16.7. The Morgan fingerprint density at radius 1 is 0.966 bits per heavy atom. The van der Waals surface area contributed by atoms with Crippen molar-refractivity contribution in [3.63, 3.8) is 0 Å². The molecule has 1 saturated heterocycles. The third-order valence-electron chi connectivity index (χ3n) is 4.84. The minimum absolute atomic E-state index is 0.184. The third-order valence-corrected chi connectivity index (χ3v) is 6.75. The summed E-state index contributed by atoms with van der Waals surface area (Å²) < 4.78 is 26.9. The molecule has 0 atom stereocenters. The number of hydrogen-bond acceptors (Lipinski definition) is 5. The molecule has 0 bridgehead atoms. The van der Waals surface area contributed by atoms with Gasteiger partial charge in [0.15, 0.2) is 0 Å². The lowest BCUT2D eigenvalue weighted by Gasteiger charge is -2.33. The predicted molar refractivity (Wildman–Crippen MR) is 113 cm³/mol. The van der Waals surface area contributed by atoms with Crippen LogP contribution in [0.1, 0.15) is 16.7 Å². The fourth-order valence-electron chi connectivity index (χ4n) is 3.06. The van der Waals surface area contributed by atoms with Crippen LogP contribution in [0.4, 0.5) is 0 Å². The normalized spacial score (nSPS) is 16.2. The number of benzene rings is 2. The lowest BCUT2D eigenvalue weighted by molar-refractivity contribution is -0.122. The van der Waals surface area contributed by atoms with Gasteiger partial charge in [0.05, 0.1) is 17.7 Å². The SMILES string of the molecule is Cc1ccc(/C=N/NC(=O)CN2CCN(S(=O)(=O)c3ccc(C)cc3)CC2)cc1. The molecular formula is C21H26N4O3S. The topological polar surface area (TPSA) is 82.1 Å². The van der Waals surface area contributed by atoms with Gasteiger partial charge >= 0.3 is 0 Å². The molecule has 7 nitrogen and oxygen atoms in total. The summed E-state index contributed by atoms with van der Waals surface area (Å²) in [5, 5.41) is 3.98. The van der Waals surface area contributed by atoms with Crippen LogP contribution in [-0.4, -0.2) is 62.5 Å². The van der Waals surface area contributed by atoms with E-state index >= 15 is 0 Å². The maximum Gasteiger partial charge on any atom is 0.254 e. The number of rotatable bonds is 6. The van der Waals surface area contributed by atoms with Crippen LogP contribution in [0.5, 0.6) is 0 Å². The van der Waals surface area contributed by atoms with Gasteiger partial charge in [-0.3, -0.25) is 9.69 Å². The van der Waals surface area contributed by atoms with Crippen molar-refractivity contribution < 1.29 is 13.2 Å². The van der Waals surface area contributed by atoms with Crippen LogP contribution in [0, 0.1) is 13.8 Å². The number of nitrogens with zero attached hydrogens (tertiary/aromatic N) is 3. The van der Waals surface area contributed by atoms with E-state index in [2.05, 4.69) is 10.5 Å². The third kappa shape index (κ3) is 5.72. The molecule has 2 aromatic rings. The number of hydrogen-bond donors (Lipinski definition) is 1. The van der Waals surface area contributed by atoms with Gasteiger partial charge in [0.2, 0.25) is 10.0 Å². The number of aryl methyl sites for hydroxylation is 2. The minimum Gasteiger partial charge on any atom is -0.292 e. The van der Waals surface area contributed by atoms with Crippen LogP contribution < -0.4 is 5.43 Å². The Hall–Kier alpha value is -2.55. The van der Waals surface area contributed by atoms with Crippen LogP contribution >= 0.6 is 0 Å². The van der Waals surface area contributed by atoms with E-state index in [0.717, 1.165) is 16.7 Å². The molecule has 2 aromatic carbocycles. The van der Waals surface area contributed by atoms with Crippen molar-refractivity contribution in [2.45, 2.75) is 18.7 Å². The van der Waals surface area contributed by atoms with Gasteiger partial charge < -0.3 is 0 Å². The number of hydrazone groups is 1. The second-order valence-corrected chi connectivity index (χ2v) is 9.14. The number of sulfonamides is 1. The summed E-state index contributed by atoms with van der Waals surface area (Å²) in [5.41, 5.74) is 5.61. The lowest BCUT2D eigenvalue weighted by Crippen LogP contribution is -2.50. The molecule has 1 N–H and O–H groups in total. The van der Waals surface area contributed by atoms with E-state index in [0.29, 0.717) is 31.1 Å². The van der Waals surface area contributed by atoms with E-state index in [9.17, 15) is 13.2 Å². The number of nitrogens with one attached hydrogen (secondary N) is 1. The van der Waals surface area contributed by atoms with Crippen LogP contribution in [0.25, 0.3) is 0 Å². The molecule has 0 aliphatic carbocycles. The Morgan fingerprint density at radius 2 is 1.52 bits per heavy atom. The van der Waals surface area contributed by atoms with E-state index in [1.807, 2.05) is 43.0 Å². The molecule has 154 valence electrons. The smallest absolute Gasteiger partial charge is 0.254 e. The first-order valence-electron chi connectivity index (χ1n) is 9.52. The summed E-state index contributed by atoms with van der Waals surface area (Å²) in [6.45, 7) is 5.83. The summed E-state index contributed by atoms with van der Waals surface area (Å²) in [4.78, 5) is 14.3. The molecular weight excluding hydrogens is 388 g/mol. The molecule has 1 heterocycles. The molecule has 0 radical (unpaired) electrons. The molecule has 0 saturated carbocycles. The number of carbonyl (C=O) groups excluding carboxylic acids is 1. The molecule has 29 heavy (non-hydrogen) atoms. The monoisotopic (exact) mass is 414 g/mol. The fraction of sp³-hybridized carbons (Fsp3) is 0.333. The molecule has 1 aliphatic rings. The maximum atomic E-state index is 12.7. The van der Waals surface area contributed by atoms with Gasteiger partial charge in [0, 0.05) is 26.2 Å². The second-order valence-electron chi connectivity index (χ2n) is 7.20. The molecule has 3 rings (SSSR count). The quantitative estimate of drug-likeness (QED) is 0.577. The summed E-state index contributed by atoms with van der Waals surface area (Å²) in [6.07, 6.45) is 1.60. The van der Waals surface area contributed by atoms with Crippen LogP contribution in [0.15, 0.2) is 58.5 Å². The number of carbonyl (C=O) groups is 1. The van der Waals surface area contributed by atoms with Gasteiger partial charge in [0.1, 0.15) is 0 Å². The fourth-order valence-corrected chi connectivity index (χ4v) is 4.48. The predicted octanol–water partition coefficient (Wildman–Crippen LogP) is 1.76. The highest BCUT2D eigenvalue weighted by molar-refractivity contribution is 7.89. The first-order valence-corrected chi connectivity index (χ1v) is 11.0. The molecule has 8 heteroatoms. The van der Waals surface area contributed by atoms with E-state index in [-0.39, 0.29) is 12.5 Å². The molecule has 0 spiro atoms. The summed E-state index contributed by atoms with van der Waals surface area (Å²) in [6, 6.07) is 14.7. The number of amides is 1. The van der Waals surface area contributed by atoms with Gasteiger partial charge in [0.25, 0.3) is 5.91 Å². The van der Waals surface area contributed by atoms with Gasteiger partial charge in [-0.1, -0.05) is 47.5 Å². The van der Waals surface area contributed by atoms with Crippen molar-refractivity contribution in [1.82, 2.24) is 14.6 Å². The minimum atomic E-state index is -3.50. The van der Waals surface area contributed by atoms with E-state index in [1.165, 1.54) is 4.31 Å². The van der Waals surface area contributed by atoms with Crippen molar-refractivity contribution >= 4 is 22.1 Å². The molecule has 1 amide bonds. The Bertz CT molecular complexity index is 962. The Kier molecular flexibility index (Phi) is 6.79. The van der Waals surface area contributed by atoms with E-state index < -0.39 is 10.0 Å². The first-order chi connectivity index (χ1) is 13.8. The van der Waals surface area contributed by atoms with Crippen LogP contribution in [0.2, 0.25) is 0 Å². The van der Waals surface area contributed by atoms with Gasteiger partial charge in [-0.25, -0.2) is 13.8 Å². The average molecular weight is 415 g/mol. The van der Waals surface area contributed by atoms with Crippen molar-refractivity contribution in [2.75, 3.05) is 32.7 Å². The highest BCUT2D eigenvalue weighted by atomic mass is 32.2. The Labute approximate surface area is 172 Å². The maximum absolute atomic E-state index is 12.7. The largest absolute Gasteiger partial charge is 0.292 e. The lowest BCUT2D eigenvalue weighted by atomic mass is 10.2. The summed E-state index contributed by atoms with van der Waals surface area (Å²) in [5.74, 6) is -0.219. The Balaban J connectivity index is 1.47. The zero-order valence-corrected chi connectivity index (χ0v) is 17.5. The Morgan fingerprint density at radius 3 is 2.10 bits per heavy atom. The van der Waals surface area contributed by atoms with E-state index in [1.54, 1.807) is 30.5 Å². The zero-order chi connectivity index (χ0) is 20.9. The van der Waals surface area contributed by atoms with Gasteiger partial charge in [-0.05, 0) is 31.5 Å². The van der Waals surface area contributed by atoms with Crippen LogP contribution in [0.3, 0.4) is 0 Å². The van der Waals surface area contributed by atoms with Gasteiger partial charge in [-0.2, -0.15) is 9.41 Å². The number of piperazine rings is 1. The van der Waals surface area contributed by atoms with Crippen molar-refractivity contribution in [1.29, 1.82) is 0 Å². The molecule has 1 fully saturated rings.